The van der Waals surface area contributed by atoms with E-state index in [0.717, 1.165) is 17.5 Å². The number of benzene rings is 1. The van der Waals surface area contributed by atoms with E-state index in [9.17, 15) is 4.79 Å². The predicted molar refractivity (Wildman–Crippen MR) is 86.6 cm³/mol. The molecule has 0 radical (unpaired) electrons. The number of carbonyl (C=O) groups is 1. The summed E-state index contributed by atoms with van der Waals surface area (Å²) in [6.45, 7) is 0.521. The molecule has 0 fully saturated rings. The average Bonchev–Trinajstić information content (AvgIpc) is 3.06. The number of pyridine rings is 1. The van der Waals surface area contributed by atoms with Crippen molar-refractivity contribution in [1.82, 2.24) is 15.5 Å². The molecule has 0 saturated carbocycles. The van der Waals surface area contributed by atoms with Crippen LogP contribution in [0.15, 0.2) is 59.4 Å². The molecule has 0 atom stereocenters. The summed E-state index contributed by atoms with van der Waals surface area (Å²) in [6, 6.07) is 12.6. The summed E-state index contributed by atoms with van der Waals surface area (Å²) in [7, 11) is 0. The highest BCUT2D eigenvalue weighted by atomic mass is 16.5. The number of nitrogens with zero attached hydrogens (tertiary/aromatic N) is 2. The first-order valence-electron chi connectivity index (χ1n) is 7.22. The molecule has 2 aromatic heterocycles. The Morgan fingerprint density at radius 3 is 2.61 bits per heavy atom. The Hall–Kier alpha value is -3.15. The highest BCUT2D eigenvalue weighted by Gasteiger charge is 2.13. The van der Waals surface area contributed by atoms with Crippen molar-refractivity contribution >= 4 is 11.6 Å². The second-order valence-electron chi connectivity index (χ2n) is 5.06. The highest BCUT2D eigenvalue weighted by Crippen LogP contribution is 2.21. The maximum Gasteiger partial charge on any atom is 0.273 e. The predicted octanol–water partition coefficient (Wildman–Crippen LogP) is 2.29. The van der Waals surface area contributed by atoms with Gasteiger partial charge in [0, 0.05) is 36.3 Å². The van der Waals surface area contributed by atoms with Crippen LogP contribution < -0.4 is 11.1 Å². The van der Waals surface area contributed by atoms with Gasteiger partial charge in [-0.1, -0.05) is 5.16 Å². The zero-order valence-corrected chi connectivity index (χ0v) is 12.4. The molecule has 2 heterocycles. The molecule has 3 rings (SSSR count). The molecule has 1 amide bonds. The second kappa shape index (κ2) is 6.74. The summed E-state index contributed by atoms with van der Waals surface area (Å²) >= 11 is 0. The molecule has 0 aliphatic rings. The molecule has 0 aliphatic heterocycles. The molecule has 3 N–H and O–H groups in total. The van der Waals surface area contributed by atoms with Crippen LogP contribution in [-0.2, 0) is 6.42 Å². The lowest BCUT2D eigenvalue weighted by atomic mass is 10.1. The molecule has 0 unspecified atom stereocenters. The lowest BCUT2D eigenvalue weighted by Gasteiger charge is -2.02. The maximum atomic E-state index is 12.1. The Bertz CT molecular complexity index is 782. The van der Waals surface area contributed by atoms with Gasteiger partial charge >= 0.3 is 0 Å². The third kappa shape index (κ3) is 3.74. The van der Waals surface area contributed by atoms with Gasteiger partial charge in [-0.2, -0.15) is 0 Å². The number of rotatable bonds is 5. The molecule has 0 aliphatic carbocycles. The SMILES string of the molecule is Nc1ccc(-c2cc(C(=O)NCCc3ccncc3)no2)cc1. The van der Waals surface area contributed by atoms with Gasteiger partial charge in [0.1, 0.15) is 0 Å². The number of hydrogen-bond donors (Lipinski definition) is 2. The summed E-state index contributed by atoms with van der Waals surface area (Å²) < 4.78 is 5.22. The lowest BCUT2D eigenvalue weighted by Crippen LogP contribution is -2.25. The van der Waals surface area contributed by atoms with Crippen LogP contribution in [0.5, 0.6) is 0 Å². The van der Waals surface area contributed by atoms with Gasteiger partial charge in [-0.3, -0.25) is 9.78 Å². The molecule has 116 valence electrons. The number of amides is 1. The second-order valence-corrected chi connectivity index (χ2v) is 5.06. The van der Waals surface area contributed by atoms with Crippen LogP contribution in [0.3, 0.4) is 0 Å². The van der Waals surface area contributed by atoms with Crippen molar-refractivity contribution in [2.45, 2.75) is 6.42 Å². The standard InChI is InChI=1S/C17H16N4O2/c18-14-3-1-13(2-4-14)16-11-15(21-23-16)17(22)20-10-7-12-5-8-19-9-6-12/h1-6,8-9,11H,7,10,18H2,(H,20,22). The molecule has 3 aromatic rings. The summed E-state index contributed by atoms with van der Waals surface area (Å²) in [4.78, 5) is 16.0. The quantitative estimate of drug-likeness (QED) is 0.705. The van der Waals surface area contributed by atoms with Crippen LogP contribution in [0.4, 0.5) is 5.69 Å². The normalized spacial score (nSPS) is 10.4. The molecular formula is C17H16N4O2. The Morgan fingerprint density at radius 2 is 1.87 bits per heavy atom. The van der Waals surface area contributed by atoms with Crippen LogP contribution >= 0.6 is 0 Å². The summed E-state index contributed by atoms with van der Waals surface area (Å²) in [6.07, 6.45) is 4.19. The first kappa shape index (κ1) is 14.8. The molecule has 0 bridgehead atoms. The lowest BCUT2D eigenvalue weighted by molar-refractivity contribution is 0.0945. The summed E-state index contributed by atoms with van der Waals surface area (Å²) in [5, 5.41) is 6.63. The van der Waals surface area contributed by atoms with Crippen molar-refractivity contribution in [2.75, 3.05) is 12.3 Å². The topological polar surface area (TPSA) is 94.0 Å². The molecule has 0 spiro atoms. The minimum atomic E-state index is -0.260. The van der Waals surface area contributed by atoms with Gasteiger partial charge < -0.3 is 15.6 Å². The fraction of sp³-hybridized carbons (Fsp3) is 0.118. The number of nitrogen functional groups attached to an aromatic ring is 1. The van der Waals surface area contributed by atoms with E-state index in [0.29, 0.717) is 18.0 Å². The van der Waals surface area contributed by atoms with Crippen LogP contribution in [0, 0.1) is 0 Å². The van der Waals surface area contributed by atoms with Crippen LogP contribution in [0.1, 0.15) is 16.1 Å². The van der Waals surface area contributed by atoms with E-state index < -0.39 is 0 Å². The van der Waals surface area contributed by atoms with Crippen molar-refractivity contribution < 1.29 is 9.32 Å². The Morgan fingerprint density at radius 1 is 1.13 bits per heavy atom. The van der Waals surface area contributed by atoms with E-state index >= 15 is 0 Å². The number of nitrogens with two attached hydrogens (primary N) is 1. The van der Waals surface area contributed by atoms with Gasteiger partial charge in [0.2, 0.25) is 0 Å². The van der Waals surface area contributed by atoms with Crippen molar-refractivity contribution in [3.8, 4) is 11.3 Å². The number of nitrogens with one attached hydrogen (secondary N) is 1. The highest BCUT2D eigenvalue weighted by molar-refractivity contribution is 5.93. The fourth-order valence-corrected chi connectivity index (χ4v) is 2.13. The summed E-state index contributed by atoms with van der Waals surface area (Å²) in [5.74, 6) is 0.272. The zero-order chi connectivity index (χ0) is 16.1. The van der Waals surface area contributed by atoms with Gasteiger partial charge in [-0.05, 0) is 48.4 Å². The number of carbonyl (C=O) groups excluding carboxylic acids is 1. The molecular weight excluding hydrogens is 292 g/mol. The molecule has 6 nitrogen and oxygen atoms in total. The number of hydrogen-bond acceptors (Lipinski definition) is 5. The minimum absolute atomic E-state index is 0.256. The van der Waals surface area contributed by atoms with Gasteiger partial charge in [-0.15, -0.1) is 0 Å². The molecule has 6 heteroatoms. The molecule has 1 aromatic carbocycles. The van der Waals surface area contributed by atoms with E-state index in [4.69, 9.17) is 10.3 Å². The maximum absolute atomic E-state index is 12.1. The third-order valence-corrected chi connectivity index (χ3v) is 3.39. The van der Waals surface area contributed by atoms with Crippen molar-refractivity contribution in [2.24, 2.45) is 0 Å². The van der Waals surface area contributed by atoms with E-state index in [-0.39, 0.29) is 11.6 Å². The monoisotopic (exact) mass is 308 g/mol. The Balaban J connectivity index is 1.59. The van der Waals surface area contributed by atoms with Gasteiger partial charge in [-0.25, -0.2) is 0 Å². The average molecular weight is 308 g/mol. The summed E-state index contributed by atoms with van der Waals surface area (Å²) in [5.41, 5.74) is 8.51. The first-order chi connectivity index (χ1) is 11.2. The fourth-order valence-electron chi connectivity index (χ4n) is 2.13. The van der Waals surface area contributed by atoms with Crippen molar-refractivity contribution in [3.05, 3.63) is 66.1 Å². The van der Waals surface area contributed by atoms with Crippen molar-refractivity contribution in [3.63, 3.8) is 0 Å². The Labute approximate surface area is 133 Å². The number of anilines is 1. The van der Waals surface area contributed by atoms with E-state index in [1.54, 1.807) is 30.6 Å². The molecule has 0 saturated heterocycles. The number of aromatic nitrogens is 2. The van der Waals surface area contributed by atoms with Crippen LogP contribution in [-0.4, -0.2) is 22.6 Å². The largest absolute Gasteiger partial charge is 0.399 e. The van der Waals surface area contributed by atoms with Gasteiger partial charge in [0.15, 0.2) is 11.5 Å². The van der Waals surface area contributed by atoms with Crippen LogP contribution in [0.25, 0.3) is 11.3 Å². The zero-order valence-electron chi connectivity index (χ0n) is 12.4. The van der Waals surface area contributed by atoms with E-state index in [1.165, 1.54) is 0 Å². The van der Waals surface area contributed by atoms with Gasteiger partial charge in [0.05, 0.1) is 0 Å². The van der Waals surface area contributed by atoms with Crippen molar-refractivity contribution in [1.29, 1.82) is 0 Å². The van der Waals surface area contributed by atoms with E-state index in [2.05, 4.69) is 15.5 Å². The van der Waals surface area contributed by atoms with Crippen LogP contribution in [0.2, 0.25) is 0 Å². The Kier molecular flexibility index (Phi) is 4.33. The van der Waals surface area contributed by atoms with E-state index in [1.807, 2.05) is 24.3 Å². The minimum Gasteiger partial charge on any atom is -0.399 e. The van der Waals surface area contributed by atoms with Gasteiger partial charge in [0.25, 0.3) is 5.91 Å². The first-order valence-corrected chi connectivity index (χ1v) is 7.22. The smallest absolute Gasteiger partial charge is 0.273 e. The molecule has 23 heavy (non-hydrogen) atoms. The third-order valence-electron chi connectivity index (χ3n) is 3.39.